The second-order valence-corrected chi connectivity index (χ2v) is 17.7. The van der Waals surface area contributed by atoms with Gasteiger partial charge in [-0.15, -0.1) is 0 Å². The first-order valence-corrected chi connectivity index (χ1v) is 19.1. The lowest BCUT2D eigenvalue weighted by Crippen LogP contribution is -2.55. The fraction of sp³-hybridized carbons (Fsp3) is 0.375. The molecule has 0 atom stereocenters. The fourth-order valence-corrected chi connectivity index (χ4v) is 12.0. The third-order valence-corrected chi connectivity index (χ3v) is 14.1. The van der Waals surface area contributed by atoms with Gasteiger partial charge < -0.3 is 4.90 Å². The molecular formula is C48H49N. The van der Waals surface area contributed by atoms with Crippen LogP contribution in [-0.2, 0) is 16.2 Å². The zero-order valence-electron chi connectivity index (χ0n) is 29.7. The van der Waals surface area contributed by atoms with Gasteiger partial charge in [-0.05, 0) is 154 Å². The molecule has 6 aliphatic carbocycles. The lowest BCUT2D eigenvalue weighted by molar-refractivity contribution is -0.0397. The van der Waals surface area contributed by atoms with Gasteiger partial charge in [0, 0.05) is 16.8 Å². The average Bonchev–Trinajstić information content (AvgIpc) is 3.41. The van der Waals surface area contributed by atoms with Crippen molar-refractivity contribution in [2.24, 2.45) is 23.7 Å². The van der Waals surface area contributed by atoms with Crippen LogP contribution in [0.4, 0.5) is 17.1 Å². The maximum absolute atomic E-state index is 2.66. The Kier molecular flexibility index (Phi) is 6.36. The lowest BCUT2D eigenvalue weighted by Gasteiger charge is -2.61. The summed E-state index contributed by atoms with van der Waals surface area (Å²) in [6.07, 6.45) is 9.49. The molecule has 5 aromatic rings. The number of fused-ring (bicyclic) bond motifs is 4. The van der Waals surface area contributed by atoms with Crippen LogP contribution in [0.25, 0.3) is 22.3 Å². The molecule has 0 aromatic heterocycles. The topological polar surface area (TPSA) is 3.24 Å². The molecule has 4 fully saturated rings. The van der Waals surface area contributed by atoms with Crippen LogP contribution < -0.4 is 4.90 Å². The summed E-state index contributed by atoms with van der Waals surface area (Å²) in [4.78, 5) is 2.66. The van der Waals surface area contributed by atoms with Crippen molar-refractivity contribution < 1.29 is 0 Å². The third-order valence-electron chi connectivity index (χ3n) is 14.1. The van der Waals surface area contributed by atoms with Crippen molar-refractivity contribution >= 4 is 17.1 Å². The van der Waals surface area contributed by atoms with E-state index in [1.165, 1.54) is 95.4 Å². The lowest BCUT2D eigenvalue weighted by atomic mass is 9.43. The Balaban J connectivity index is 1.22. The molecule has 1 spiro atoms. The molecule has 0 heterocycles. The number of benzene rings is 5. The Morgan fingerprint density at radius 1 is 0.490 bits per heavy atom. The second-order valence-electron chi connectivity index (χ2n) is 17.7. The maximum atomic E-state index is 2.66. The van der Waals surface area contributed by atoms with E-state index in [1.807, 2.05) is 0 Å². The van der Waals surface area contributed by atoms with E-state index in [4.69, 9.17) is 0 Å². The van der Waals surface area contributed by atoms with E-state index in [1.54, 1.807) is 11.1 Å². The number of rotatable bonds is 4. The number of hydrogen-bond donors (Lipinski definition) is 0. The first-order chi connectivity index (χ1) is 23.7. The highest BCUT2D eigenvalue weighted by molar-refractivity contribution is 5.92. The van der Waals surface area contributed by atoms with E-state index in [-0.39, 0.29) is 16.2 Å². The van der Waals surface area contributed by atoms with Gasteiger partial charge in [-0.1, -0.05) is 113 Å². The van der Waals surface area contributed by atoms with Crippen molar-refractivity contribution in [3.05, 3.63) is 138 Å². The molecule has 246 valence electrons. The summed E-state index contributed by atoms with van der Waals surface area (Å²) >= 11 is 0. The maximum Gasteiger partial charge on any atom is 0.0509 e. The smallest absolute Gasteiger partial charge is 0.0509 e. The van der Waals surface area contributed by atoms with Crippen molar-refractivity contribution in [2.45, 2.75) is 88.9 Å². The Morgan fingerprint density at radius 2 is 1.08 bits per heavy atom. The summed E-state index contributed by atoms with van der Waals surface area (Å²) < 4.78 is 0. The number of nitrogens with zero attached hydrogens (tertiary/aromatic N) is 1. The Hall–Kier alpha value is -4.10. The molecule has 0 N–H and O–H groups in total. The van der Waals surface area contributed by atoms with Crippen LogP contribution in [0.1, 0.15) is 94.9 Å². The van der Waals surface area contributed by atoms with Crippen molar-refractivity contribution in [1.82, 2.24) is 0 Å². The molecule has 1 nitrogen and oxygen atoms in total. The first kappa shape index (κ1) is 29.8. The molecule has 0 saturated heterocycles. The standard InChI is InChI=1S/C48H49N/c1-46(2)23-24-47(3,4)43-30-38(21-22-42(43)46)49(37-19-17-34(18-20-37)33-11-6-5-7-12-33)44-16-10-14-40-39-13-8-9-15-41(39)48(45(40)44)35-26-31-25-32(28-35)29-36(48)27-31/h5-22,30-32,35-36H,23-29H2,1-4H3. The summed E-state index contributed by atoms with van der Waals surface area (Å²) in [6.45, 7) is 9.81. The van der Waals surface area contributed by atoms with Crippen molar-refractivity contribution in [3.63, 3.8) is 0 Å². The van der Waals surface area contributed by atoms with Crippen LogP contribution in [0.5, 0.6) is 0 Å². The number of anilines is 3. The second kappa shape index (κ2) is 10.5. The molecule has 0 radical (unpaired) electrons. The van der Waals surface area contributed by atoms with Crippen LogP contribution in [0, 0.1) is 23.7 Å². The summed E-state index contributed by atoms with van der Waals surface area (Å²) in [5.74, 6) is 3.28. The van der Waals surface area contributed by atoms with Crippen LogP contribution in [0.15, 0.2) is 115 Å². The van der Waals surface area contributed by atoms with Crippen LogP contribution in [0.2, 0.25) is 0 Å². The monoisotopic (exact) mass is 639 g/mol. The Bertz CT molecular complexity index is 2050. The molecule has 5 aromatic carbocycles. The van der Waals surface area contributed by atoms with Gasteiger partial charge in [-0.3, -0.25) is 0 Å². The van der Waals surface area contributed by atoms with E-state index >= 15 is 0 Å². The third kappa shape index (κ3) is 4.24. The van der Waals surface area contributed by atoms with Gasteiger partial charge >= 0.3 is 0 Å². The van der Waals surface area contributed by atoms with Crippen molar-refractivity contribution in [2.75, 3.05) is 4.90 Å². The van der Waals surface area contributed by atoms with Gasteiger partial charge in [0.25, 0.3) is 0 Å². The van der Waals surface area contributed by atoms with Gasteiger partial charge in [-0.2, -0.15) is 0 Å². The predicted molar refractivity (Wildman–Crippen MR) is 205 cm³/mol. The summed E-state index contributed by atoms with van der Waals surface area (Å²) in [7, 11) is 0. The molecule has 0 unspecified atom stereocenters. The molecule has 6 aliphatic rings. The van der Waals surface area contributed by atoms with Gasteiger partial charge in [0.2, 0.25) is 0 Å². The molecule has 4 saturated carbocycles. The molecular weight excluding hydrogens is 591 g/mol. The largest absolute Gasteiger partial charge is 0.310 e. The minimum atomic E-state index is 0.0909. The van der Waals surface area contributed by atoms with E-state index in [2.05, 4.69) is 148 Å². The Labute approximate surface area is 293 Å². The number of hydrogen-bond acceptors (Lipinski definition) is 1. The quantitative estimate of drug-likeness (QED) is 0.189. The van der Waals surface area contributed by atoms with Crippen LogP contribution in [0.3, 0.4) is 0 Å². The first-order valence-electron chi connectivity index (χ1n) is 19.1. The predicted octanol–water partition coefficient (Wildman–Crippen LogP) is 12.9. The van der Waals surface area contributed by atoms with Crippen LogP contribution in [-0.4, -0.2) is 0 Å². The van der Waals surface area contributed by atoms with Crippen molar-refractivity contribution in [3.8, 4) is 22.3 Å². The van der Waals surface area contributed by atoms with Crippen LogP contribution >= 0.6 is 0 Å². The zero-order chi connectivity index (χ0) is 33.1. The highest BCUT2D eigenvalue weighted by atomic mass is 15.1. The molecule has 0 aliphatic heterocycles. The molecule has 49 heavy (non-hydrogen) atoms. The van der Waals surface area contributed by atoms with Gasteiger partial charge in [-0.25, -0.2) is 0 Å². The average molecular weight is 640 g/mol. The normalized spacial score (nSPS) is 27.8. The van der Waals surface area contributed by atoms with Gasteiger partial charge in [0.1, 0.15) is 0 Å². The molecule has 0 amide bonds. The van der Waals surface area contributed by atoms with Crippen molar-refractivity contribution in [1.29, 1.82) is 0 Å². The minimum Gasteiger partial charge on any atom is -0.310 e. The van der Waals surface area contributed by atoms with E-state index < -0.39 is 0 Å². The van der Waals surface area contributed by atoms with E-state index in [9.17, 15) is 0 Å². The SMILES string of the molecule is CC1(C)CCC(C)(C)c2cc(N(c3ccc(-c4ccccc4)cc3)c3cccc4c3C3(c5ccccc5-4)C4CC5CC(C4)CC3C5)ccc21. The molecule has 1 heteroatoms. The van der Waals surface area contributed by atoms with E-state index in [0.717, 1.165) is 23.7 Å². The zero-order valence-corrected chi connectivity index (χ0v) is 29.7. The summed E-state index contributed by atoms with van der Waals surface area (Å²) in [6, 6.07) is 44.6. The summed E-state index contributed by atoms with van der Waals surface area (Å²) in [5, 5.41) is 0. The summed E-state index contributed by atoms with van der Waals surface area (Å²) in [5.41, 5.74) is 16.1. The Morgan fingerprint density at radius 3 is 1.80 bits per heavy atom. The minimum absolute atomic E-state index is 0.0909. The highest BCUT2D eigenvalue weighted by Gasteiger charge is 2.62. The highest BCUT2D eigenvalue weighted by Crippen LogP contribution is 2.71. The van der Waals surface area contributed by atoms with E-state index in [0.29, 0.717) is 0 Å². The molecule has 4 bridgehead atoms. The fourth-order valence-electron chi connectivity index (χ4n) is 12.0. The van der Waals surface area contributed by atoms with Gasteiger partial charge in [0.05, 0.1) is 5.69 Å². The van der Waals surface area contributed by atoms with Gasteiger partial charge in [0.15, 0.2) is 0 Å². The molecule has 11 rings (SSSR count).